The molecule has 0 radical (unpaired) electrons. The van der Waals surface area contributed by atoms with Gasteiger partial charge < -0.3 is 21.1 Å². The van der Waals surface area contributed by atoms with Crippen molar-refractivity contribution in [1.29, 1.82) is 0 Å². The van der Waals surface area contributed by atoms with E-state index >= 15 is 0 Å². The van der Waals surface area contributed by atoms with Crippen molar-refractivity contribution >= 4 is 40.5 Å². The van der Waals surface area contributed by atoms with Gasteiger partial charge in [0.05, 0.1) is 10.6 Å². The summed E-state index contributed by atoms with van der Waals surface area (Å²) in [5, 5.41) is 21.0. The fourth-order valence-electron chi connectivity index (χ4n) is 4.41. The Hall–Kier alpha value is -3.01. The highest BCUT2D eigenvalue weighted by Gasteiger charge is 2.25. The Morgan fingerprint density at radius 3 is 2.65 bits per heavy atom. The van der Waals surface area contributed by atoms with Gasteiger partial charge in [-0.15, -0.1) is 0 Å². The van der Waals surface area contributed by atoms with Crippen LogP contribution in [0.4, 0.5) is 10.3 Å². The molecule has 1 saturated carbocycles. The molecule has 1 saturated heterocycles. The van der Waals surface area contributed by atoms with Gasteiger partial charge in [0.25, 0.3) is 5.91 Å². The number of hydrogen-bond donors (Lipinski definition) is 4. The van der Waals surface area contributed by atoms with Crippen LogP contribution in [0.3, 0.4) is 0 Å². The summed E-state index contributed by atoms with van der Waals surface area (Å²) >= 11 is 1.07. The molecule has 2 fully saturated rings. The summed E-state index contributed by atoms with van der Waals surface area (Å²) < 4.78 is 13.4. The minimum absolute atomic E-state index is 0.210. The molecular formula is C25H26FN5O2S. The number of rotatable bonds is 6. The van der Waals surface area contributed by atoms with Gasteiger partial charge >= 0.3 is 0 Å². The van der Waals surface area contributed by atoms with Crippen LogP contribution in [-0.2, 0) is 11.3 Å². The third-order valence-electron chi connectivity index (χ3n) is 6.20. The van der Waals surface area contributed by atoms with E-state index in [4.69, 9.17) is 0 Å². The molecule has 7 nitrogen and oxygen atoms in total. The zero-order valence-electron chi connectivity index (χ0n) is 18.5. The minimum atomic E-state index is -0.909. The van der Waals surface area contributed by atoms with E-state index < -0.39 is 5.56 Å². The maximum Gasteiger partial charge on any atom is 0.260 e. The lowest BCUT2D eigenvalue weighted by atomic mass is 9.91. The average molecular weight is 480 g/mol. The number of amides is 1. The third-order valence-corrected chi connectivity index (χ3v) is 7.09. The maximum atomic E-state index is 13.4. The second-order valence-electron chi connectivity index (χ2n) is 8.66. The van der Waals surface area contributed by atoms with Gasteiger partial charge in [0, 0.05) is 24.8 Å². The van der Waals surface area contributed by atoms with Gasteiger partial charge in [0.1, 0.15) is 5.82 Å². The molecule has 1 unspecified atom stereocenters. The zero-order valence-corrected chi connectivity index (χ0v) is 19.3. The van der Waals surface area contributed by atoms with Crippen LogP contribution in [0, 0.1) is 5.82 Å². The first-order chi connectivity index (χ1) is 16.5. The molecule has 176 valence electrons. The number of anilines is 1. The first-order valence-electron chi connectivity index (χ1n) is 11.4. The van der Waals surface area contributed by atoms with Crippen LogP contribution in [0.2, 0.25) is 0 Å². The summed E-state index contributed by atoms with van der Waals surface area (Å²) in [5.41, 5.74) is 0.908. The number of aromatic nitrogens is 2. The predicted octanol–water partition coefficient (Wildman–Crippen LogP) is 3.76. The van der Waals surface area contributed by atoms with Crippen LogP contribution in [0.25, 0.3) is 16.8 Å². The molecular weight excluding hydrogens is 453 g/mol. The van der Waals surface area contributed by atoms with Gasteiger partial charge in [-0.1, -0.05) is 30.0 Å². The van der Waals surface area contributed by atoms with Gasteiger partial charge in [0.15, 0.2) is 5.56 Å². The Kier molecular flexibility index (Phi) is 6.75. The van der Waals surface area contributed by atoms with Crippen molar-refractivity contribution in [2.24, 2.45) is 0 Å². The van der Waals surface area contributed by atoms with E-state index in [0.717, 1.165) is 54.8 Å². The highest BCUT2D eigenvalue weighted by Crippen LogP contribution is 2.28. The first-order valence-corrected chi connectivity index (χ1v) is 12.3. The van der Waals surface area contributed by atoms with Crippen molar-refractivity contribution in [1.82, 2.24) is 20.6 Å². The summed E-state index contributed by atoms with van der Waals surface area (Å²) in [5.74, 6) is 0.0364. The molecule has 1 aliphatic heterocycles. The van der Waals surface area contributed by atoms with E-state index in [1.165, 1.54) is 11.6 Å². The molecule has 3 aromatic rings. The molecule has 1 atom stereocenters. The van der Waals surface area contributed by atoms with E-state index in [1.54, 1.807) is 24.4 Å². The number of nitrogens with one attached hydrogen (secondary N) is 3. The molecule has 4 N–H and O–H groups in total. The van der Waals surface area contributed by atoms with Crippen LogP contribution in [-0.4, -0.2) is 38.6 Å². The fourth-order valence-corrected chi connectivity index (χ4v) is 5.17. The monoisotopic (exact) mass is 479 g/mol. The second-order valence-corrected chi connectivity index (χ2v) is 9.78. The smallest absolute Gasteiger partial charge is 0.260 e. The Labute approximate surface area is 201 Å². The highest BCUT2D eigenvalue weighted by atomic mass is 32.2. The Balaban J connectivity index is 1.12. The van der Waals surface area contributed by atoms with E-state index in [-0.39, 0.29) is 11.7 Å². The largest absolute Gasteiger partial charge is 0.364 e. The summed E-state index contributed by atoms with van der Waals surface area (Å²) in [6, 6.07) is 13.5. The zero-order chi connectivity index (χ0) is 23.5. The van der Waals surface area contributed by atoms with Crippen molar-refractivity contribution in [2.45, 2.75) is 49.9 Å². The Morgan fingerprint density at radius 2 is 1.85 bits per heavy atom. The van der Waals surface area contributed by atoms with E-state index in [9.17, 15) is 14.3 Å². The molecule has 9 heteroatoms. The molecule has 1 amide bonds. The number of aliphatic hydroxyl groups excluding tert-OH is 1. The number of thioether (sulfide) groups is 1. The number of nitrogens with zero attached hydrogens (tertiary/aromatic N) is 2. The van der Waals surface area contributed by atoms with E-state index in [1.807, 2.05) is 12.1 Å². The van der Waals surface area contributed by atoms with Crippen molar-refractivity contribution < 1.29 is 14.3 Å². The van der Waals surface area contributed by atoms with Crippen LogP contribution in [0.1, 0.15) is 36.9 Å². The number of carbonyl (C=O) groups is 1. The minimum Gasteiger partial charge on any atom is -0.364 e. The van der Waals surface area contributed by atoms with Crippen molar-refractivity contribution in [3.8, 4) is 0 Å². The number of aliphatic hydroxyl groups is 1. The van der Waals surface area contributed by atoms with Gasteiger partial charge in [-0.3, -0.25) is 4.79 Å². The lowest BCUT2D eigenvalue weighted by molar-refractivity contribution is -0.117. The normalized spacial score (nSPS) is 23.9. The average Bonchev–Trinajstić information content (AvgIpc) is 3.15. The van der Waals surface area contributed by atoms with Crippen LogP contribution >= 0.6 is 11.8 Å². The number of halogens is 1. The lowest BCUT2D eigenvalue weighted by Gasteiger charge is -2.30. The van der Waals surface area contributed by atoms with Crippen molar-refractivity contribution in [3.05, 3.63) is 70.6 Å². The second kappa shape index (κ2) is 10.1. The van der Waals surface area contributed by atoms with Crippen molar-refractivity contribution in [3.63, 3.8) is 0 Å². The number of fused-ring (bicyclic) bond motifs is 1. The topological polar surface area (TPSA) is 99.2 Å². The Bertz CT molecular complexity index is 1230. The van der Waals surface area contributed by atoms with Gasteiger partial charge in [0.2, 0.25) is 5.95 Å². The number of hydrogen-bond acceptors (Lipinski definition) is 7. The molecule has 2 heterocycles. The molecule has 34 heavy (non-hydrogen) atoms. The SMILES string of the molecule is O=C1NC(O)S/C1=C\c1ccnc(N[C@H]2CC[C@@H](NCc3ccc4cc(F)ccc4c3)CC2)n1. The predicted molar refractivity (Wildman–Crippen MR) is 132 cm³/mol. The fraction of sp³-hybridized carbons (Fsp3) is 0.320. The molecule has 5 rings (SSSR count). The summed E-state index contributed by atoms with van der Waals surface area (Å²) in [6.07, 6.45) is 7.44. The van der Waals surface area contributed by atoms with E-state index in [2.05, 4.69) is 38.1 Å². The number of benzene rings is 2. The van der Waals surface area contributed by atoms with Crippen LogP contribution < -0.4 is 16.0 Å². The molecule has 1 aromatic heterocycles. The van der Waals surface area contributed by atoms with Gasteiger partial charge in [-0.2, -0.15) is 0 Å². The standard InChI is InChI=1S/C25H26FN5O2S/c26-18-4-3-16-11-15(1-2-17(16)12-18)14-28-19-5-7-20(8-6-19)29-24-27-10-9-21(30-24)13-22-23(32)31-25(33)34-22/h1-4,9-13,19-20,25,28,33H,5-8,14H2,(H,31,32)(H,27,29,30)/b22-13-/t19-,20+,25?. The molecule has 2 aromatic carbocycles. The number of carbonyl (C=O) groups excluding carboxylic acids is 1. The maximum absolute atomic E-state index is 13.4. The van der Waals surface area contributed by atoms with Gasteiger partial charge in [-0.05, 0) is 72.4 Å². The summed E-state index contributed by atoms with van der Waals surface area (Å²) in [4.78, 5) is 21.1. The van der Waals surface area contributed by atoms with Crippen molar-refractivity contribution in [2.75, 3.05) is 5.32 Å². The third kappa shape index (κ3) is 5.55. The molecule has 1 aliphatic carbocycles. The van der Waals surface area contributed by atoms with Gasteiger partial charge in [-0.25, -0.2) is 14.4 Å². The van der Waals surface area contributed by atoms with Crippen LogP contribution in [0.15, 0.2) is 53.6 Å². The Morgan fingerprint density at radius 1 is 1.09 bits per heavy atom. The van der Waals surface area contributed by atoms with Crippen LogP contribution in [0.5, 0.6) is 0 Å². The molecule has 0 bridgehead atoms. The molecule has 0 spiro atoms. The van der Waals surface area contributed by atoms with E-state index in [0.29, 0.717) is 28.6 Å². The first kappa shape index (κ1) is 22.8. The lowest BCUT2D eigenvalue weighted by Crippen LogP contribution is -2.36. The summed E-state index contributed by atoms with van der Waals surface area (Å²) in [7, 11) is 0. The highest BCUT2D eigenvalue weighted by molar-refractivity contribution is 8.05. The molecule has 2 aliphatic rings. The summed E-state index contributed by atoms with van der Waals surface area (Å²) in [6.45, 7) is 0.788. The quantitative estimate of drug-likeness (QED) is 0.400.